The molecule has 0 saturated carbocycles. The summed E-state index contributed by atoms with van der Waals surface area (Å²) in [5.74, 6) is 0. The summed E-state index contributed by atoms with van der Waals surface area (Å²) in [7, 11) is 0. The zero-order valence-corrected chi connectivity index (χ0v) is 9.78. The van der Waals surface area contributed by atoms with E-state index in [-0.39, 0.29) is 24.8 Å². The lowest BCUT2D eigenvalue weighted by Gasteiger charge is -2.31. The molecule has 14 heavy (non-hydrogen) atoms. The zero-order valence-electron chi connectivity index (χ0n) is 8.15. The van der Waals surface area contributed by atoms with Gasteiger partial charge < -0.3 is 10.1 Å². The van der Waals surface area contributed by atoms with Crippen LogP contribution >= 0.6 is 24.8 Å². The average Bonchev–Trinajstić information content (AvgIpc) is 2.81. The lowest BCUT2D eigenvalue weighted by atomic mass is 10.2. The lowest BCUT2D eigenvalue weighted by molar-refractivity contribution is 0.0150. The van der Waals surface area contributed by atoms with Crippen molar-refractivity contribution in [3.8, 4) is 0 Å². The molecule has 0 amide bonds. The van der Waals surface area contributed by atoms with Crippen LogP contribution in [0.4, 0.5) is 0 Å². The Hall–Kier alpha value is 0.460. The molecule has 0 radical (unpaired) electrons. The minimum atomic E-state index is 0. The van der Waals surface area contributed by atoms with E-state index in [1.54, 1.807) is 0 Å². The van der Waals surface area contributed by atoms with Crippen molar-refractivity contribution in [2.45, 2.75) is 31.0 Å². The Labute approximate surface area is 97.4 Å². The second-order valence-electron chi connectivity index (χ2n) is 4.19. The Morgan fingerprint density at radius 1 is 1.21 bits per heavy atom. The van der Waals surface area contributed by atoms with Gasteiger partial charge in [-0.25, -0.2) is 0 Å². The van der Waals surface area contributed by atoms with Crippen LogP contribution in [0.5, 0.6) is 0 Å². The standard InChI is InChI=1S/C9H16N2O.2ClH/c1-2-10-4-7(1)11-5-9-3-8(11)6-12-9;;/h7-10H,1-6H2;2*1H/t7-,8+,9+;;/m0../s1. The Kier molecular flexibility index (Phi) is 4.47. The maximum atomic E-state index is 5.58. The summed E-state index contributed by atoms with van der Waals surface area (Å²) in [6, 6.07) is 1.56. The number of hydrogen-bond donors (Lipinski definition) is 1. The number of rotatable bonds is 1. The average molecular weight is 241 g/mol. The Morgan fingerprint density at radius 2 is 2.07 bits per heavy atom. The zero-order chi connectivity index (χ0) is 7.97. The maximum Gasteiger partial charge on any atom is 0.0718 e. The summed E-state index contributed by atoms with van der Waals surface area (Å²) < 4.78 is 5.58. The molecular weight excluding hydrogens is 223 g/mol. The van der Waals surface area contributed by atoms with Crippen LogP contribution in [0.3, 0.4) is 0 Å². The number of nitrogens with one attached hydrogen (secondary N) is 1. The van der Waals surface area contributed by atoms with Crippen LogP contribution in [0.1, 0.15) is 12.8 Å². The molecule has 3 atom stereocenters. The normalized spacial score (nSPS) is 40.7. The first-order valence-corrected chi connectivity index (χ1v) is 5.01. The van der Waals surface area contributed by atoms with Crippen LogP contribution in [0.2, 0.25) is 0 Å². The fraction of sp³-hybridized carbons (Fsp3) is 1.00. The molecule has 84 valence electrons. The van der Waals surface area contributed by atoms with Gasteiger partial charge in [-0.05, 0) is 19.4 Å². The van der Waals surface area contributed by atoms with Crippen LogP contribution in [0, 0.1) is 0 Å². The highest BCUT2D eigenvalue weighted by Gasteiger charge is 2.42. The Morgan fingerprint density at radius 3 is 2.57 bits per heavy atom. The highest BCUT2D eigenvalue weighted by Crippen LogP contribution is 2.30. The van der Waals surface area contributed by atoms with Crippen molar-refractivity contribution in [2.75, 3.05) is 26.2 Å². The van der Waals surface area contributed by atoms with Gasteiger partial charge in [-0.1, -0.05) is 0 Å². The third-order valence-electron chi connectivity index (χ3n) is 3.45. The van der Waals surface area contributed by atoms with Gasteiger partial charge in [0.05, 0.1) is 12.7 Å². The SMILES string of the molecule is C1C[C@H](N2C[C@H]3C[C@@H]2CO3)CN1.Cl.Cl. The molecular formula is C9H18Cl2N2O. The second-order valence-corrected chi connectivity index (χ2v) is 4.19. The van der Waals surface area contributed by atoms with Crippen molar-refractivity contribution >= 4 is 24.8 Å². The van der Waals surface area contributed by atoms with Crippen LogP contribution in [-0.4, -0.2) is 49.3 Å². The highest BCUT2D eigenvalue weighted by molar-refractivity contribution is 5.85. The number of likely N-dealkylation sites (tertiary alicyclic amines) is 1. The van der Waals surface area contributed by atoms with Gasteiger partial charge in [0.1, 0.15) is 0 Å². The number of halogens is 2. The van der Waals surface area contributed by atoms with Gasteiger partial charge in [-0.2, -0.15) is 0 Å². The minimum absolute atomic E-state index is 0. The molecule has 3 nitrogen and oxygen atoms in total. The summed E-state index contributed by atoms with van der Waals surface area (Å²) in [5, 5.41) is 3.43. The predicted molar refractivity (Wildman–Crippen MR) is 60.6 cm³/mol. The topological polar surface area (TPSA) is 24.5 Å². The maximum absolute atomic E-state index is 5.58. The van der Waals surface area contributed by atoms with Crippen LogP contribution < -0.4 is 5.32 Å². The summed E-state index contributed by atoms with van der Waals surface area (Å²) >= 11 is 0. The molecule has 0 unspecified atom stereocenters. The van der Waals surface area contributed by atoms with Crippen molar-refractivity contribution in [1.82, 2.24) is 10.2 Å². The molecule has 0 aromatic heterocycles. The fourth-order valence-corrected chi connectivity index (χ4v) is 2.80. The molecule has 0 aliphatic carbocycles. The van der Waals surface area contributed by atoms with E-state index in [1.165, 1.54) is 32.5 Å². The molecule has 3 saturated heterocycles. The van der Waals surface area contributed by atoms with Crippen molar-refractivity contribution in [1.29, 1.82) is 0 Å². The molecule has 0 aromatic carbocycles. The molecule has 1 N–H and O–H groups in total. The van der Waals surface area contributed by atoms with E-state index in [2.05, 4.69) is 10.2 Å². The van der Waals surface area contributed by atoms with Crippen LogP contribution in [0.15, 0.2) is 0 Å². The molecule has 0 aromatic rings. The van der Waals surface area contributed by atoms with E-state index in [9.17, 15) is 0 Å². The van der Waals surface area contributed by atoms with Gasteiger partial charge in [0, 0.05) is 25.2 Å². The van der Waals surface area contributed by atoms with Crippen molar-refractivity contribution < 1.29 is 4.74 Å². The highest BCUT2D eigenvalue weighted by atomic mass is 35.5. The molecule has 3 aliphatic heterocycles. The van der Waals surface area contributed by atoms with E-state index in [1.807, 2.05) is 0 Å². The van der Waals surface area contributed by atoms with E-state index in [0.29, 0.717) is 6.10 Å². The van der Waals surface area contributed by atoms with Gasteiger partial charge >= 0.3 is 0 Å². The number of morpholine rings is 1. The van der Waals surface area contributed by atoms with Gasteiger partial charge in [0.25, 0.3) is 0 Å². The van der Waals surface area contributed by atoms with Gasteiger partial charge in [-0.3, -0.25) is 4.90 Å². The Bertz CT molecular complexity index is 188. The number of nitrogens with zero attached hydrogens (tertiary/aromatic N) is 1. The second kappa shape index (κ2) is 4.99. The number of ether oxygens (including phenoxy) is 1. The Balaban J connectivity index is 0.000000490. The molecule has 3 heterocycles. The summed E-state index contributed by atoms with van der Waals surface area (Å²) in [4.78, 5) is 2.66. The molecule has 2 bridgehead atoms. The molecule has 3 aliphatic rings. The van der Waals surface area contributed by atoms with E-state index in [0.717, 1.165) is 18.7 Å². The van der Waals surface area contributed by atoms with E-state index < -0.39 is 0 Å². The molecule has 3 fully saturated rings. The first kappa shape index (κ1) is 12.5. The summed E-state index contributed by atoms with van der Waals surface area (Å²) in [6.45, 7) is 4.58. The summed E-state index contributed by atoms with van der Waals surface area (Å²) in [6.07, 6.45) is 3.19. The summed E-state index contributed by atoms with van der Waals surface area (Å²) in [5.41, 5.74) is 0. The molecule has 3 rings (SSSR count). The van der Waals surface area contributed by atoms with Gasteiger partial charge in [0.15, 0.2) is 0 Å². The number of hydrogen-bond acceptors (Lipinski definition) is 3. The smallest absolute Gasteiger partial charge is 0.0718 e. The minimum Gasteiger partial charge on any atom is -0.375 e. The van der Waals surface area contributed by atoms with Gasteiger partial charge in [0.2, 0.25) is 0 Å². The largest absolute Gasteiger partial charge is 0.375 e. The van der Waals surface area contributed by atoms with Crippen molar-refractivity contribution in [2.24, 2.45) is 0 Å². The number of fused-ring (bicyclic) bond motifs is 2. The monoisotopic (exact) mass is 240 g/mol. The fourth-order valence-electron chi connectivity index (χ4n) is 2.80. The quantitative estimate of drug-likeness (QED) is 0.730. The molecule has 0 spiro atoms. The molecule has 5 heteroatoms. The van der Waals surface area contributed by atoms with E-state index >= 15 is 0 Å². The van der Waals surface area contributed by atoms with Crippen LogP contribution in [-0.2, 0) is 4.74 Å². The predicted octanol–water partition coefficient (Wildman–Crippen LogP) is 0.665. The third-order valence-corrected chi connectivity index (χ3v) is 3.45. The first-order chi connectivity index (χ1) is 5.93. The van der Waals surface area contributed by atoms with Crippen molar-refractivity contribution in [3.05, 3.63) is 0 Å². The van der Waals surface area contributed by atoms with Gasteiger partial charge in [-0.15, -0.1) is 24.8 Å². The van der Waals surface area contributed by atoms with Crippen molar-refractivity contribution in [3.63, 3.8) is 0 Å². The van der Waals surface area contributed by atoms with Crippen LogP contribution in [0.25, 0.3) is 0 Å². The lowest BCUT2D eigenvalue weighted by Crippen LogP contribution is -2.45. The third kappa shape index (κ3) is 2.02. The first-order valence-electron chi connectivity index (χ1n) is 5.01. The van der Waals surface area contributed by atoms with E-state index in [4.69, 9.17) is 4.74 Å².